The molecule has 0 saturated heterocycles. The van der Waals surface area contributed by atoms with Crippen molar-refractivity contribution in [3.05, 3.63) is 32.4 Å². The van der Waals surface area contributed by atoms with Crippen molar-refractivity contribution in [1.29, 1.82) is 5.26 Å². The Kier molecular flexibility index (Phi) is 3.80. The molecule has 1 aromatic carbocycles. The van der Waals surface area contributed by atoms with Crippen molar-refractivity contribution in [2.75, 3.05) is 0 Å². The zero-order valence-electron chi connectivity index (χ0n) is 7.40. The first-order chi connectivity index (χ1) is 7.27. The highest BCUT2D eigenvalue weighted by Gasteiger charge is 2.35. The van der Waals surface area contributed by atoms with Crippen LogP contribution in [-0.4, -0.2) is 5.24 Å². The molecule has 0 aliphatic rings. The molecule has 7 heteroatoms. The van der Waals surface area contributed by atoms with Crippen LogP contribution in [-0.2, 0) is 6.18 Å². The van der Waals surface area contributed by atoms with E-state index >= 15 is 0 Å². The fourth-order valence-electron chi connectivity index (χ4n) is 1.06. The quantitative estimate of drug-likeness (QED) is 0.568. The van der Waals surface area contributed by atoms with E-state index in [1.807, 2.05) is 0 Å². The molecular weight excluding hydrogens is 357 g/mol. The molecule has 0 heterocycles. The second kappa shape index (κ2) is 4.59. The summed E-state index contributed by atoms with van der Waals surface area (Å²) in [5.41, 5.74) is -1.98. The number of carbonyl (C=O) groups excluding carboxylic acids is 1. The maximum Gasteiger partial charge on any atom is 0.417 e. The number of rotatable bonds is 1. The number of hydrogen-bond donors (Lipinski definition) is 0. The predicted molar refractivity (Wildman–Crippen MR) is 59.1 cm³/mol. The molecule has 0 bridgehead atoms. The zero-order valence-corrected chi connectivity index (χ0v) is 10.3. The highest BCUT2D eigenvalue weighted by Crippen LogP contribution is 2.34. The minimum Gasteiger partial charge on any atom is -0.276 e. The van der Waals surface area contributed by atoms with Crippen molar-refractivity contribution in [1.82, 2.24) is 0 Å². The van der Waals surface area contributed by atoms with Crippen molar-refractivity contribution in [3.63, 3.8) is 0 Å². The number of halogens is 5. The van der Waals surface area contributed by atoms with Crippen LogP contribution in [0.15, 0.2) is 12.1 Å². The number of carbonyl (C=O) groups is 1. The lowest BCUT2D eigenvalue weighted by Gasteiger charge is -2.11. The molecule has 84 valence electrons. The Morgan fingerprint density at radius 3 is 2.38 bits per heavy atom. The number of benzene rings is 1. The SMILES string of the molecule is N#Cc1cc(C(F)(F)F)c(C(=O)Cl)cc1I. The van der Waals surface area contributed by atoms with Crippen molar-refractivity contribution in [2.24, 2.45) is 0 Å². The number of hydrogen-bond acceptors (Lipinski definition) is 2. The van der Waals surface area contributed by atoms with E-state index in [4.69, 9.17) is 16.9 Å². The van der Waals surface area contributed by atoms with Crippen LogP contribution in [0.4, 0.5) is 13.2 Å². The molecule has 2 nitrogen and oxygen atoms in total. The van der Waals surface area contributed by atoms with Gasteiger partial charge in [-0.3, -0.25) is 4.79 Å². The molecule has 1 rings (SSSR count). The first-order valence-corrected chi connectivity index (χ1v) is 5.23. The average Bonchev–Trinajstić information content (AvgIpc) is 2.15. The van der Waals surface area contributed by atoms with E-state index in [0.29, 0.717) is 6.07 Å². The Morgan fingerprint density at radius 2 is 2.00 bits per heavy atom. The summed E-state index contributed by atoms with van der Waals surface area (Å²) in [5, 5.41) is 7.40. The van der Waals surface area contributed by atoms with Gasteiger partial charge in [0.25, 0.3) is 5.24 Å². The van der Waals surface area contributed by atoms with Crippen LogP contribution in [0.1, 0.15) is 21.5 Å². The third kappa shape index (κ3) is 2.65. The summed E-state index contributed by atoms with van der Waals surface area (Å²) < 4.78 is 37.8. The second-order valence-corrected chi connectivity index (χ2v) is 4.27. The lowest BCUT2D eigenvalue weighted by Crippen LogP contribution is -2.12. The van der Waals surface area contributed by atoms with E-state index in [9.17, 15) is 18.0 Å². The van der Waals surface area contributed by atoms with Gasteiger partial charge in [-0.1, -0.05) is 0 Å². The molecule has 0 spiro atoms. The summed E-state index contributed by atoms with van der Waals surface area (Å²) in [6, 6.07) is 3.19. The minimum absolute atomic E-state index is 0.144. The van der Waals surface area contributed by atoms with Gasteiger partial charge >= 0.3 is 6.18 Å². The second-order valence-electron chi connectivity index (χ2n) is 2.76. The summed E-state index contributed by atoms with van der Waals surface area (Å²) >= 11 is 6.72. The smallest absolute Gasteiger partial charge is 0.276 e. The van der Waals surface area contributed by atoms with E-state index < -0.39 is 22.5 Å². The fraction of sp³-hybridized carbons (Fsp3) is 0.111. The lowest BCUT2D eigenvalue weighted by atomic mass is 10.0. The van der Waals surface area contributed by atoms with Gasteiger partial charge in [-0.25, -0.2) is 0 Å². The predicted octanol–water partition coefficient (Wildman–Crippen LogP) is 3.56. The summed E-state index contributed by atoms with van der Waals surface area (Å²) in [7, 11) is 0. The number of nitrogens with zero attached hydrogens (tertiary/aromatic N) is 1. The summed E-state index contributed by atoms with van der Waals surface area (Å²) in [6.07, 6.45) is -4.71. The Balaban J connectivity index is 3.57. The van der Waals surface area contributed by atoms with Gasteiger partial charge < -0.3 is 0 Å². The Labute approximate surface area is 107 Å². The lowest BCUT2D eigenvalue weighted by molar-refractivity contribution is -0.137. The van der Waals surface area contributed by atoms with Crippen molar-refractivity contribution >= 4 is 39.4 Å². The topological polar surface area (TPSA) is 40.9 Å². The summed E-state index contributed by atoms with van der Waals surface area (Å²) in [6.45, 7) is 0. The van der Waals surface area contributed by atoms with Gasteiger partial charge in [-0.15, -0.1) is 0 Å². The molecule has 0 radical (unpaired) electrons. The fourth-order valence-corrected chi connectivity index (χ4v) is 1.80. The van der Waals surface area contributed by atoms with Gasteiger partial charge in [0.2, 0.25) is 0 Å². The van der Waals surface area contributed by atoms with Gasteiger partial charge in [0.15, 0.2) is 0 Å². The highest BCUT2D eigenvalue weighted by atomic mass is 127. The van der Waals surface area contributed by atoms with Crippen molar-refractivity contribution in [3.8, 4) is 6.07 Å². The molecule has 0 saturated carbocycles. The Bertz CT molecular complexity index is 493. The molecule has 0 atom stereocenters. The zero-order chi connectivity index (χ0) is 12.5. The van der Waals surface area contributed by atoms with Crippen LogP contribution in [0.2, 0.25) is 0 Å². The summed E-state index contributed by atoms with van der Waals surface area (Å²) in [5.74, 6) is 0. The van der Waals surface area contributed by atoms with E-state index in [0.717, 1.165) is 6.07 Å². The van der Waals surface area contributed by atoms with E-state index in [1.54, 1.807) is 28.7 Å². The largest absolute Gasteiger partial charge is 0.417 e. The Morgan fingerprint density at radius 1 is 1.44 bits per heavy atom. The molecule has 1 aromatic rings. The van der Waals surface area contributed by atoms with Crippen LogP contribution >= 0.6 is 34.2 Å². The molecule has 16 heavy (non-hydrogen) atoms. The van der Waals surface area contributed by atoms with Gasteiger partial charge in [0, 0.05) is 9.13 Å². The molecule has 0 N–H and O–H groups in total. The average molecular weight is 359 g/mol. The van der Waals surface area contributed by atoms with Crippen LogP contribution in [0.25, 0.3) is 0 Å². The van der Waals surface area contributed by atoms with Crippen molar-refractivity contribution in [2.45, 2.75) is 6.18 Å². The Hall–Kier alpha value is -0.810. The first kappa shape index (κ1) is 13.3. The minimum atomic E-state index is -4.71. The van der Waals surface area contributed by atoms with Crippen LogP contribution in [0.3, 0.4) is 0 Å². The van der Waals surface area contributed by atoms with Gasteiger partial charge in [0.1, 0.15) is 6.07 Å². The van der Waals surface area contributed by atoms with Crippen molar-refractivity contribution < 1.29 is 18.0 Å². The van der Waals surface area contributed by atoms with Crippen LogP contribution in [0.5, 0.6) is 0 Å². The monoisotopic (exact) mass is 359 g/mol. The van der Waals surface area contributed by atoms with E-state index in [2.05, 4.69) is 0 Å². The molecule has 0 aliphatic carbocycles. The molecule has 0 unspecified atom stereocenters. The molecule has 0 fully saturated rings. The number of alkyl halides is 3. The van der Waals surface area contributed by atoms with E-state index in [-0.39, 0.29) is 9.13 Å². The third-order valence-corrected chi connectivity index (χ3v) is 2.84. The van der Waals surface area contributed by atoms with Gasteiger partial charge in [-0.2, -0.15) is 18.4 Å². The first-order valence-electron chi connectivity index (χ1n) is 3.78. The maximum absolute atomic E-state index is 12.5. The standard InChI is InChI=1S/C9H2ClF3INO/c10-8(16)5-2-7(14)4(3-15)1-6(5)9(11,12)13/h1-2H. The maximum atomic E-state index is 12.5. The molecular formula is C9H2ClF3INO. The van der Waals surface area contributed by atoms with Gasteiger partial charge in [0.05, 0.1) is 11.1 Å². The van der Waals surface area contributed by atoms with Crippen LogP contribution in [0, 0.1) is 14.9 Å². The number of nitriles is 1. The highest BCUT2D eigenvalue weighted by molar-refractivity contribution is 14.1. The van der Waals surface area contributed by atoms with E-state index in [1.165, 1.54) is 0 Å². The van der Waals surface area contributed by atoms with Gasteiger partial charge in [-0.05, 0) is 46.3 Å². The third-order valence-electron chi connectivity index (χ3n) is 1.74. The molecule has 0 aromatic heterocycles. The molecule has 0 aliphatic heterocycles. The normalized spacial score (nSPS) is 11.0. The van der Waals surface area contributed by atoms with Crippen LogP contribution < -0.4 is 0 Å². The summed E-state index contributed by atoms with van der Waals surface area (Å²) in [4.78, 5) is 10.8. The molecule has 0 amide bonds.